The summed E-state index contributed by atoms with van der Waals surface area (Å²) in [4.78, 5) is 30.6. The van der Waals surface area contributed by atoms with Gasteiger partial charge >= 0.3 is 6.18 Å². The zero-order chi connectivity index (χ0) is 31.6. The summed E-state index contributed by atoms with van der Waals surface area (Å²) < 4.78 is 56.0. The number of hydrogen-bond acceptors (Lipinski definition) is 5. The fraction of sp³-hybridized carbons (Fsp3) is 0.250. The van der Waals surface area contributed by atoms with Crippen LogP contribution in [0.4, 0.5) is 23.4 Å². The topological polar surface area (TPSA) is 94.3 Å². The number of aromatic nitrogens is 2. The average Bonchev–Trinajstić information content (AvgIpc) is 3.39. The van der Waals surface area contributed by atoms with Crippen molar-refractivity contribution in [3.8, 4) is 11.9 Å². The molecule has 0 fully saturated rings. The van der Waals surface area contributed by atoms with Crippen LogP contribution in [0.2, 0.25) is 0 Å². The summed E-state index contributed by atoms with van der Waals surface area (Å²) in [5, 5.41) is 16.9. The van der Waals surface area contributed by atoms with Gasteiger partial charge in [0.25, 0.3) is 11.8 Å². The number of nitriles is 1. The summed E-state index contributed by atoms with van der Waals surface area (Å²) in [5.74, 6) is -2.31. The van der Waals surface area contributed by atoms with Crippen LogP contribution >= 0.6 is 0 Å². The third-order valence-corrected chi connectivity index (χ3v) is 7.54. The van der Waals surface area contributed by atoms with Gasteiger partial charge in [-0.2, -0.15) is 23.5 Å². The van der Waals surface area contributed by atoms with Crippen molar-refractivity contribution < 1.29 is 27.2 Å². The lowest BCUT2D eigenvalue weighted by Crippen LogP contribution is -2.55. The smallest absolute Gasteiger partial charge is 0.339 e. The van der Waals surface area contributed by atoms with Gasteiger partial charge in [0.05, 0.1) is 16.9 Å². The van der Waals surface area contributed by atoms with E-state index in [0.717, 1.165) is 18.2 Å². The molecule has 1 aliphatic rings. The number of likely N-dealkylation sites (N-methyl/N-ethyl adjacent to an activating group) is 2. The quantitative estimate of drug-likeness (QED) is 0.168. The number of carbonyl (C=O) groups is 2. The van der Waals surface area contributed by atoms with E-state index in [1.54, 1.807) is 18.7 Å². The molecule has 1 N–H and O–H groups in total. The lowest BCUT2D eigenvalue weighted by Gasteiger charge is -2.38. The number of nitrogens with zero attached hydrogens (tertiary/aromatic N) is 5. The Kier molecular flexibility index (Phi) is 8.40. The van der Waals surface area contributed by atoms with Crippen molar-refractivity contribution in [1.29, 1.82) is 5.26 Å². The highest BCUT2D eigenvalue weighted by molar-refractivity contribution is 6.05. The van der Waals surface area contributed by atoms with E-state index < -0.39 is 41.3 Å². The van der Waals surface area contributed by atoms with Crippen LogP contribution in [0.1, 0.15) is 45.6 Å². The first kappa shape index (κ1) is 30.3. The Bertz CT molecular complexity index is 1710. The van der Waals surface area contributed by atoms with Crippen LogP contribution in [0, 0.1) is 17.3 Å². The average molecular weight is 605 g/mol. The van der Waals surface area contributed by atoms with E-state index in [1.165, 1.54) is 40.1 Å². The molecule has 44 heavy (non-hydrogen) atoms. The first-order valence-electron chi connectivity index (χ1n) is 13.9. The molecule has 0 saturated carbocycles. The molecule has 5 rings (SSSR count). The SMILES string of the molecule is CCN1C(=O)[C@H](NC(=O)c2cccc(C(F)(F)F)c2)[C@H](c2ccc(F)cc2)c2c(CCN(C)C#N)nn(-c3ccccc3)c21. The first-order chi connectivity index (χ1) is 21.0. The van der Waals surface area contributed by atoms with Crippen molar-refractivity contribution in [1.82, 2.24) is 20.0 Å². The maximum atomic E-state index is 14.2. The molecule has 2 heterocycles. The first-order valence-corrected chi connectivity index (χ1v) is 13.9. The number of alkyl halides is 3. The summed E-state index contributed by atoms with van der Waals surface area (Å²) in [5.41, 5.74) is 1.02. The minimum Gasteiger partial charge on any atom is -0.339 e. The third kappa shape index (κ3) is 5.86. The minimum absolute atomic E-state index is 0.188. The maximum Gasteiger partial charge on any atom is 0.416 e. The number of halogens is 4. The minimum atomic E-state index is -4.67. The van der Waals surface area contributed by atoms with Crippen LogP contribution in [-0.2, 0) is 17.4 Å². The van der Waals surface area contributed by atoms with Crippen LogP contribution in [0.3, 0.4) is 0 Å². The van der Waals surface area contributed by atoms with E-state index in [9.17, 15) is 32.4 Å². The van der Waals surface area contributed by atoms with Crippen LogP contribution in [0.25, 0.3) is 5.69 Å². The molecule has 2 atom stereocenters. The number of para-hydroxylation sites is 1. The lowest BCUT2D eigenvalue weighted by molar-refractivity contribution is -0.137. The second-order valence-electron chi connectivity index (χ2n) is 10.3. The largest absolute Gasteiger partial charge is 0.416 e. The number of amides is 2. The molecular weight excluding hydrogens is 576 g/mol. The van der Waals surface area contributed by atoms with E-state index >= 15 is 0 Å². The Morgan fingerprint density at radius 1 is 1.07 bits per heavy atom. The van der Waals surface area contributed by atoms with Gasteiger partial charge in [0.1, 0.15) is 17.7 Å². The molecular formula is C32H28F4N6O2. The second kappa shape index (κ2) is 12.2. The summed E-state index contributed by atoms with van der Waals surface area (Å²) >= 11 is 0. The van der Waals surface area contributed by atoms with Crippen molar-refractivity contribution in [2.45, 2.75) is 31.5 Å². The Labute approximate surface area is 251 Å². The summed E-state index contributed by atoms with van der Waals surface area (Å²) in [6.45, 7) is 2.25. The lowest BCUT2D eigenvalue weighted by atomic mass is 9.80. The number of anilines is 1. The number of fused-ring (bicyclic) bond motifs is 1. The van der Waals surface area contributed by atoms with Gasteiger partial charge < -0.3 is 10.2 Å². The fourth-order valence-corrected chi connectivity index (χ4v) is 5.42. The molecule has 0 unspecified atom stereocenters. The Morgan fingerprint density at radius 2 is 1.77 bits per heavy atom. The van der Waals surface area contributed by atoms with Gasteiger partial charge in [-0.1, -0.05) is 36.4 Å². The zero-order valence-corrected chi connectivity index (χ0v) is 23.8. The molecule has 1 aromatic heterocycles. The van der Waals surface area contributed by atoms with Gasteiger partial charge in [-0.15, -0.1) is 0 Å². The molecule has 1 aliphatic heterocycles. The number of hydrogen-bond donors (Lipinski definition) is 1. The van der Waals surface area contributed by atoms with E-state index in [2.05, 4.69) is 11.5 Å². The molecule has 0 bridgehead atoms. The van der Waals surface area contributed by atoms with Crippen molar-refractivity contribution in [3.05, 3.63) is 113 Å². The number of rotatable bonds is 8. The van der Waals surface area contributed by atoms with Crippen LogP contribution in [0.5, 0.6) is 0 Å². The highest BCUT2D eigenvalue weighted by Gasteiger charge is 2.46. The van der Waals surface area contributed by atoms with E-state index in [-0.39, 0.29) is 12.1 Å². The van der Waals surface area contributed by atoms with Gasteiger partial charge in [0, 0.05) is 43.6 Å². The predicted octanol–water partition coefficient (Wildman–Crippen LogP) is 5.28. The number of benzene rings is 3. The fourth-order valence-electron chi connectivity index (χ4n) is 5.42. The molecule has 0 aliphatic carbocycles. The second-order valence-corrected chi connectivity index (χ2v) is 10.3. The van der Waals surface area contributed by atoms with Crippen molar-refractivity contribution in [3.63, 3.8) is 0 Å². The molecule has 2 amide bonds. The van der Waals surface area contributed by atoms with Gasteiger partial charge in [-0.25, -0.2) is 9.07 Å². The summed E-state index contributed by atoms with van der Waals surface area (Å²) in [6, 6.07) is 17.3. The monoisotopic (exact) mass is 604 g/mol. The third-order valence-electron chi connectivity index (χ3n) is 7.54. The van der Waals surface area contributed by atoms with Crippen molar-refractivity contribution in [2.75, 3.05) is 25.0 Å². The standard InChI is InChI=1S/C32H28F4N6O2/c1-3-41-30-27(25(16-17-40(2)19-37)39-42(30)24-10-5-4-6-11-24)26(20-12-14-23(33)15-13-20)28(31(41)44)38-29(43)21-8-7-9-22(18-21)32(34,35)36/h4-15,18,26,28H,3,16-17H2,1-2H3,(H,38,43)/t26-,28-/m1/s1. The Morgan fingerprint density at radius 3 is 2.41 bits per heavy atom. The molecule has 0 radical (unpaired) electrons. The summed E-state index contributed by atoms with van der Waals surface area (Å²) in [6.07, 6.45) is -2.32. The highest BCUT2D eigenvalue weighted by atomic mass is 19.4. The normalized spacial score (nSPS) is 16.3. The Balaban J connectivity index is 1.69. The number of carbonyl (C=O) groups excluding carboxylic acids is 2. The van der Waals surface area contributed by atoms with Gasteiger partial charge in [-0.05, 0) is 55.0 Å². The van der Waals surface area contributed by atoms with Gasteiger partial charge in [-0.3, -0.25) is 14.5 Å². The molecule has 8 nitrogen and oxygen atoms in total. The zero-order valence-electron chi connectivity index (χ0n) is 23.8. The molecule has 226 valence electrons. The van der Waals surface area contributed by atoms with E-state index in [0.29, 0.717) is 41.3 Å². The van der Waals surface area contributed by atoms with Gasteiger partial charge in [0.2, 0.25) is 0 Å². The van der Waals surface area contributed by atoms with Gasteiger partial charge in [0.15, 0.2) is 6.19 Å². The van der Waals surface area contributed by atoms with Crippen molar-refractivity contribution >= 4 is 17.6 Å². The van der Waals surface area contributed by atoms with Crippen LogP contribution < -0.4 is 10.2 Å². The maximum absolute atomic E-state index is 14.2. The molecule has 0 saturated heterocycles. The Hall–Kier alpha value is -5.18. The molecule has 12 heteroatoms. The van der Waals surface area contributed by atoms with Crippen LogP contribution in [0.15, 0.2) is 78.9 Å². The number of nitrogens with one attached hydrogen (secondary N) is 1. The van der Waals surface area contributed by atoms with E-state index in [4.69, 9.17) is 5.10 Å². The molecule has 0 spiro atoms. The van der Waals surface area contributed by atoms with E-state index in [1.807, 2.05) is 30.3 Å². The highest BCUT2D eigenvalue weighted by Crippen LogP contribution is 2.44. The molecule has 3 aromatic carbocycles. The van der Waals surface area contributed by atoms with Crippen LogP contribution in [-0.4, -0.2) is 52.7 Å². The molecule has 4 aromatic rings. The predicted molar refractivity (Wildman–Crippen MR) is 154 cm³/mol. The summed E-state index contributed by atoms with van der Waals surface area (Å²) in [7, 11) is 1.62. The van der Waals surface area contributed by atoms with Crippen molar-refractivity contribution in [2.24, 2.45) is 0 Å².